The molecule has 1 aliphatic rings. The van der Waals surface area contributed by atoms with Gasteiger partial charge in [-0.15, -0.1) is 11.3 Å². The molecule has 0 atom stereocenters. The fourth-order valence-corrected chi connectivity index (χ4v) is 5.58. The minimum atomic E-state index is -3.92. The standard InChI is InChI=1S/C18H17N3O4S2/c1-25-18(22)17-15(7-9-26-17)27(23,24)20-13-5-2-4-12(10-13)14-11-19-16-6-3-8-21(14)16/h2,4-5,7,9-11,20H,3,6,8H2,1H3. The molecule has 0 unspecified atom stereocenters. The first-order chi connectivity index (χ1) is 13.0. The Morgan fingerprint density at radius 3 is 3.00 bits per heavy atom. The summed E-state index contributed by atoms with van der Waals surface area (Å²) >= 11 is 1.03. The van der Waals surface area contributed by atoms with Gasteiger partial charge in [-0.1, -0.05) is 12.1 Å². The first-order valence-electron chi connectivity index (χ1n) is 8.33. The summed E-state index contributed by atoms with van der Waals surface area (Å²) in [6.07, 6.45) is 3.84. The summed E-state index contributed by atoms with van der Waals surface area (Å²) in [6.45, 7) is 0.915. The number of anilines is 1. The van der Waals surface area contributed by atoms with Crippen LogP contribution in [0.15, 0.2) is 46.8 Å². The van der Waals surface area contributed by atoms with Crippen molar-refractivity contribution in [3.05, 3.63) is 52.6 Å². The minimum Gasteiger partial charge on any atom is -0.465 e. The highest BCUT2D eigenvalue weighted by Gasteiger charge is 2.25. The Morgan fingerprint density at radius 2 is 2.19 bits per heavy atom. The monoisotopic (exact) mass is 403 g/mol. The Hall–Kier alpha value is -2.65. The van der Waals surface area contributed by atoms with Crippen LogP contribution in [0.1, 0.15) is 21.9 Å². The molecule has 0 radical (unpaired) electrons. The number of benzene rings is 1. The highest BCUT2D eigenvalue weighted by Crippen LogP contribution is 2.29. The number of methoxy groups -OCH3 is 1. The molecule has 0 bridgehead atoms. The lowest BCUT2D eigenvalue weighted by molar-refractivity contribution is 0.0602. The fraction of sp³-hybridized carbons (Fsp3) is 0.222. The third-order valence-electron chi connectivity index (χ3n) is 4.42. The lowest BCUT2D eigenvalue weighted by atomic mass is 10.1. The quantitative estimate of drug-likeness (QED) is 0.661. The SMILES string of the molecule is COC(=O)c1sccc1S(=O)(=O)Nc1cccc(-c2cnc3n2CCC3)c1. The average Bonchev–Trinajstić information content (AvgIpc) is 3.37. The van der Waals surface area contributed by atoms with Crippen LogP contribution in [0.5, 0.6) is 0 Å². The number of carbonyl (C=O) groups excluding carboxylic acids is 1. The van der Waals surface area contributed by atoms with Crippen molar-refractivity contribution in [1.82, 2.24) is 9.55 Å². The summed E-state index contributed by atoms with van der Waals surface area (Å²) in [5.41, 5.74) is 2.27. The molecule has 0 amide bonds. The number of imidazole rings is 1. The van der Waals surface area contributed by atoms with Gasteiger partial charge in [0.1, 0.15) is 15.6 Å². The number of nitrogens with zero attached hydrogens (tertiary/aromatic N) is 2. The lowest BCUT2D eigenvalue weighted by Crippen LogP contribution is -2.15. The first-order valence-corrected chi connectivity index (χ1v) is 10.7. The largest absolute Gasteiger partial charge is 0.465 e. The topological polar surface area (TPSA) is 90.3 Å². The predicted octanol–water partition coefficient (Wildman–Crippen LogP) is 3.15. The highest BCUT2D eigenvalue weighted by atomic mass is 32.2. The summed E-state index contributed by atoms with van der Waals surface area (Å²) in [6, 6.07) is 8.55. The number of aryl methyl sites for hydroxylation is 1. The molecule has 1 N–H and O–H groups in total. The van der Waals surface area contributed by atoms with Crippen LogP contribution in [0.3, 0.4) is 0 Å². The molecular formula is C18H17N3O4S2. The lowest BCUT2D eigenvalue weighted by Gasteiger charge is -2.10. The van der Waals surface area contributed by atoms with Gasteiger partial charge in [0.05, 0.1) is 19.0 Å². The Kier molecular flexibility index (Phi) is 4.48. The minimum absolute atomic E-state index is 0.0507. The normalized spacial score (nSPS) is 13.4. The molecular weight excluding hydrogens is 386 g/mol. The third kappa shape index (κ3) is 3.24. The van der Waals surface area contributed by atoms with Crippen molar-refractivity contribution in [1.29, 1.82) is 0 Å². The second-order valence-electron chi connectivity index (χ2n) is 6.11. The summed E-state index contributed by atoms with van der Waals surface area (Å²) in [5.74, 6) is 0.380. The second kappa shape index (κ2) is 6.82. The molecule has 2 aromatic heterocycles. The van der Waals surface area contributed by atoms with E-state index in [1.807, 2.05) is 12.3 Å². The van der Waals surface area contributed by atoms with Gasteiger partial charge in [0, 0.05) is 24.2 Å². The molecule has 140 valence electrons. The summed E-state index contributed by atoms with van der Waals surface area (Å²) < 4.78 is 34.9. The molecule has 0 fully saturated rings. The van der Waals surface area contributed by atoms with Crippen LogP contribution < -0.4 is 4.72 Å². The van der Waals surface area contributed by atoms with Crippen LogP contribution in [0.2, 0.25) is 0 Å². The van der Waals surface area contributed by atoms with Crippen molar-refractivity contribution in [2.75, 3.05) is 11.8 Å². The molecule has 3 heterocycles. The summed E-state index contributed by atoms with van der Waals surface area (Å²) in [4.78, 5) is 16.2. The van der Waals surface area contributed by atoms with E-state index in [1.165, 1.54) is 13.2 Å². The van der Waals surface area contributed by atoms with Gasteiger partial charge >= 0.3 is 5.97 Å². The number of aromatic nitrogens is 2. The van der Waals surface area contributed by atoms with Gasteiger partial charge in [-0.05, 0) is 30.0 Å². The Balaban J connectivity index is 1.65. The zero-order chi connectivity index (χ0) is 19.0. The number of esters is 1. The predicted molar refractivity (Wildman–Crippen MR) is 102 cm³/mol. The molecule has 0 saturated heterocycles. The molecule has 27 heavy (non-hydrogen) atoms. The van der Waals surface area contributed by atoms with Crippen molar-refractivity contribution in [3.63, 3.8) is 0 Å². The van der Waals surface area contributed by atoms with Crippen LogP contribution in [-0.2, 0) is 27.7 Å². The fourth-order valence-electron chi connectivity index (χ4n) is 3.19. The Morgan fingerprint density at radius 1 is 1.33 bits per heavy atom. The highest BCUT2D eigenvalue weighted by molar-refractivity contribution is 7.93. The van der Waals surface area contributed by atoms with Gasteiger partial charge in [-0.25, -0.2) is 18.2 Å². The van der Waals surface area contributed by atoms with Crippen molar-refractivity contribution < 1.29 is 17.9 Å². The van der Waals surface area contributed by atoms with Crippen molar-refractivity contribution >= 4 is 33.0 Å². The van der Waals surface area contributed by atoms with Gasteiger partial charge in [0.2, 0.25) is 0 Å². The van der Waals surface area contributed by atoms with Crippen LogP contribution in [0, 0.1) is 0 Å². The first kappa shape index (κ1) is 17.7. The zero-order valence-corrected chi connectivity index (χ0v) is 16.1. The maximum absolute atomic E-state index is 12.8. The number of hydrogen-bond acceptors (Lipinski definition) is 6. The van der Waals surface area contributed by atoms with E-state index in [9.17, 15) is 13.2 Å². The van der Waals surface area contributed by atoms with E-state index in [1.54, 1.807) is 23.6 Å². The van der Waals surface area contributed by atoms with Crippen molar-refractivity contribution in [2.24, 2.45) is 0 Å². The zero-order valence-electron chi connectivity index (χ0n) is 14.5. The second-order valence-corrected chi connectivity index (χ2v) is 8.67. The number of fused-ring (bicyclic) bond motifs is 1. The van der Waals surface area contributed by atoms with Gasteiger partial charge in [-0.2, -0.15) is 0 Å². The van der Waals surface area contributed by atoms with Gasteiger partial charge in [0.25, 0.3) is 10.0 Å². The third-order valence-corrected chi connectivity index (χ3v) is 6.87. The maximum atomic E-state index is 12.8. The van der Waals surface area contributed by atoms with Gasteiger partial charge in [-0.3, -0.25) is 4.72 Å². The van der Waals surface area contributed by atoms with Crippen molar-refractivity contribution in [2.45, 2.75) is 24.3 Å². The number of nitrogens with one attached hydrogen (secondary N) is 1. The summed E-state index contributed by atoms with van der Waals surface area (Å²) in [5, 5.41) is 1.55. The average molecular weight is 403 g/mol. The molecule has 1 aliphatic heterocycles. The smallest absolute Gasteiger partial charge is 0.349 e. The molecule has 0 spiro atoms. The number of sulfonamides is 1. The molecule has 0 aliphatic carbocycles. The molecule has 4 rings (SSSR count). The molecule has 7 nitrogen and oxygen atoms in total. The van der Waals surface area contributed by atoms with Crippen LogP contribution in [0.25, 0.3) is 11.3 Å². The van der Waals surface area contributed by atoms with E-state index >= 15 is 0 Å². The van der Waals surface area contributed by atoms with Crippen LogP contribution >= 0.6 is 11.3 Å². The van der Waals surface area contributed by atoms with Crippen LogP contribution in [-0.4, -0.2) is 31.0 Å². The maximum Gasteiger partial charge on any atom is 0.349 e. The van der Waals surface area contributed by atoms with E-state index in [0.717, 1.165) is 47.8 Å². The number of thiophene rings is 1. The number of rotatable bonds is 5. The molecule has 3 aromatic rings. The van der Waals surface area contributed by atoms with E-state index in [-0.39, 0.29) is 9.77 Å². The molecule has 1 aromatic carbocycles. The number of hydrogen-bond donors (Lipinski definition) is 1. The van der Waals surface area contributed by atoms with E-state index < -0.39 is 16.0 Å². The van der Waals surface area contributed by atoms with E-state index in [2.05, 4.69) is 19.0 Å². The van der Waals surface area contributed by atoms with Crippen LogP contribution in [0.4, 0.5) is 5.69 Å². The molecule has 0 saturated carbocycles. The van der Waals surface area contributed by atoms with Gasteiger partial charge in [0.15, 0.2) is 0 Å². The Labute approximate surface area is 160 Å². The van der Waals surface area contributed by atoms with Crippen molar-refractivity contribution in [3.8, 4) is 11.3 Å². The summed E-state index contributed by atoms with van der Waals surface area (Å²) in [7, 11) is -2.69. The number of carbonyl (C=O) groups is 1. The Bertz CT molecular complexity index is 1120. The van der Waals surface area contributed by atoms with E-state index in [0.29, 0.717) is 5.69 Å². The number of ether oxygens (including phenoxy) is 1. The molecule has 9 heteroatoms. The van der Waals surface area contributed by atoms with E-state index in [4.69, 9.17) is 0 Å². The van der Waals surface area contributed by atoms with Gasteiger partial charge < -0.3 is 9.30 Å².